The number of anilines is 1. The molecule has 4 rings (SSSR count). The number of benzene rings is 1. The van der Waals surface area contributed by atoms with Crippen LogP contribution in [0.2, 0.25) is 5.02 Å². The molecule has 1 aromatic heterocycles. The standard InChI is InChI=1S/C17H20ClN5O2S/c18-13-9-12(10-14-15(13)25-7-6-24-14)11-21-16(19)22-2-4-23(5-3-22)17-20-1-8-26-17/h1,8-10H,2-7,11H2,(H2,19,21). The number of piperazine rings is 1. The molecule has 0 bridgehead atoms. The molecular formula is C17H20ClN5O2S. The lowest BCUT2D eigenvalue weighted by molar-refractivity contribution is 0.171. The molecule has 0 spiro atoms. The largest absolute Gasteiger partial charge is 0.486 e. The fourth-order valence-electron chi connectivity index (χ4n) is 3.03. The Morgan fingerprint density at radius 3 is 2.81 bits per heavy atom. The second kappa shape index (κ2) is 7.59. The monoisotopic (exact) mass is 393 g/mol. The van der Waals surface area contributed by atoms with Gasteiger partial charge in [-0.15, -0.1) is 11.3 Å². The van der Waals surface area contributed by atoms with Crippen molar-refractivity contribution in [2.24, 2.45) is 10.7 Å². The molecule has 9 heteroatoms. The number of guanidine groups is 1. The summed E-state index contributed by atoms with van der Waals surface area (Å²) in [6, 6.07) is 3.77. The maximum Gasteiger partial charge on any atom is 0.191 e. The van der Waals surface area contributed by atoms with Crippen molar-refractivity contribution in [2.45, 2.75) is 6.54 Å². The van der Waals surface area contributed by atoms with Crippen LogP contribution in [0.5, 0.6) is 11.5 Å². The first-order valence-corrected chi connectivity index (χ1v) is 9.74. The van der Waals surface area contributed by atoms with Gasteiger partial charge in [-0.1, -0.05) is 11.6 Å². The molecule has 0 atom stereocenters. The van der Waals surface area contributed by atoms with Gasteiger partial charge < -0.3 is 25.0 Å². The zero-order valence-electron chi connectivity index (χ0n) is 14.2. The first-order valence-electron chi connectivity index (χ1n) is 8.48. The van der Waals surface area contributed by atoms with E-state index < -0.39 is 0 Å². The predicted octanol–water partition coefficient (Wildman–Crippen LogP) is 2.20. The maximum absolute atomic E-state index is 6.27. The summed E-state index contributed by atoms with van der Waals surface area (Å²) in [6.07, 6.45) is 1.83. The Balaban J connectivity index is 1.37. The first-order chi connectivity index (χ1) is 12.7. The molecule has 1 fully saturated rings. The Morgan fingerprint density at radius 2 is 2.04 bits per heavy atom. The van der Waals surface area contributed by atoms with Crippen molar-refractivity contribution >= 4 is 34.0 Å². The molecule has 0 amide bonds. The minimum atomic E-state index is 0.453. The van der Waals surface area contributed by atoms with Crippen LogP contribution in [0.4, 0.5) is 5.13 Å². The highest BCUT2D eigenvalue weighted by atomic mass is 35.5. The number of fused-ring (bicyclic) bond motifs is 1. The number of hydrogen-bond donors (Lipinski definition) is 1. The van der Waals surface area contributed by atoms with Gasteiger partial charge in [0.1, 0.15) is 13.2 Å². The molecule has 1 aromatic carbocycles. The van der Waals surface area contributed by atoms with E-state index in [1.807, 2.05) is 23.7 Å². The number of thiazole rings is 1. The maximum atomic E-state index is 6.27. The van der Waals surface area contributed by atoms with Crippen molar-refractivity contribution in [3.05, 3.63) is 34.3 Å². The molecule has 138 valence electrons. The molecule has 7 nitrogen and oxygen atoms in total. The van der Waals surface area contributed by atoms with E-state index in [1.54, 1.807) is 11.3 Å². The molecule has 2 aliphatic rings. The summed E-state index contributed by atoms with van der Waals surface area (Å²) in [5, 5.41) is 3.60. The molecule has 2 aliphatic heterocycles. The van der Waals surface area contributed by atoms with Crippen molar-refractivity contribution in [1.82, 2.24) is 9.88 Å². The van der Waals surface area contributed by atoms with Crippen LogP contribution in [0.15, 0.2) is 28.7 Å². The van der Waals surface area contributed by atoms with E-state index in [9.17, 15) is 0 Å². The normalized spacial score (nSPS) is 17.5. The van der Waals surface area contributed by atoms with E-state index in [0.29, 0.717) is 42.2 Å². The highest BCUT2D eigenvalue weighted by molar-refractivity contribution is 7.13. The number of hydrogen-bond acceptors (Lipinski definition) is 6. The lowest BCUT2D eigenvalue weighted by Gasteiger charge is -2.35. The third-order valence-corrected chi connectivity index (χ3v) is 5.49. The molecule has 2 aromatic rings. The van der Waals surface area contributed by atoms with Gasteiger partial charge in [-0.3, -0.25) is 0 Å². The molecule has 0 saturated carbocycles. The lowest BCUT2D eigenvalue weighted by atomic mass is 10.2. The van der Waals surface area contributed by atoms with Gasteiger partial charge >= 0.3 is 0 Å². The predicted molar refractivity (Wildman–Crippen MR) is 104 cm³/mol. The summed E-state index contributed by atoms with van der Waals surface area (Å²) in [5.41, 5.74) is 7.14. The lowest BCUT2D eigenvalue weighted by Crippen LogP contribution is -2.51. The van der Waals surface area contributed by atoms with Crippen molar-refractivity contribution < 1.29 is 9.47 Å². The summed E-state index contributed by atoms with van der Waals surface area (Å²) in [5.74, 6) is 1.83. The summed E-state index contributed by atoms with van der Waals surface area (Å²) in [4.78, 5) is 13.3. The van der Waals surface area contributed by atoms with Gasteiger partial charge in [0.15, 0.2) is 22.6 Å². The van der Waals surface area contributed by atoms with Gasteiger partial charge in [0.25, 0.3) is 0 Å². The highest BCUT2D eigenvalue weighted by Crippen LogP contribution is 2.38. The van der Waals surface area contributed by atoms with E-state index in [1.165, 1.54) is 0 Å². The topological polar surface area (TPSA) is 76.2 Å². The fourth-order valence-corrected chi connectivity index (χ4v) is 4.01. The Morgan fingerprint density at radius 1 is 1.23 bits per heavy atom. The smallest absolute Gasteiger partial charge is 0.191 e. The van der Waals surface area contributed by atoms with Crippen LogP contribution < -0.4 is 20.1 Å². The van der Waals surface area contributed by atoms with Gasteiger partial charge in [0, 0.05) is 37.8 Å². The van der Waals surface area contributed by atoms with E-state index >= 15 is 0 Å². The van der Waals surface area contributed by atoms with Crippen LogP contribution in [-0.4, -0.2) is 55.2 Å². The number of nitrogens with zero attached hydrogens (tertiary/aromatic N) is 4. The van der Waals surface area contributed by atoms with Crippen LogP contribution in [0.3, 0.4) is 0 Å². The number of ether oxygens (including phenoxy) is 2. The molecule has 1 saturated heterocycles. The second-order valence-electron chi connectivity index (χ2n) is 6.07. The van der Waals surface area contributed by atoms with Crippen molar-refractivity contribution in [3.8, 4) is 11.5 Å². The fraction of sp³-hybridized carbons (Fsp3) is 0.412. The average Bonchev–Trinajstić information content (AvgIpc) is 3.21. The molecule has 0 aliphatic carbocycles. The molecule has 0 unspecified atom stereocenters. The van der Waals surface area contributed by atoms with Gasteiger partial charge in [-0.25, -0.2) is 9.98 Å². The Kier molecular flexibility index (Phi) is 5.03. The van der Waals surface area contributed by atoms with Crippen molar-refractivity contribution in [1.29, 1.82) is 0 Å². The number of aromatic nitrogens is 1. The van der Waals surface area contributed by atoms with E-state index in [4.69, 9.17) is 26.8 Å². The zero-order valence-corrected chi connectivity index (χ0v) is 15.8. The third kappa shape index (κ3) is 3.66. The summed E-state index contributed by atoms with van der Waals surface area (Å²) in [7, 11) is 0. The van der Waals surface area contributed by atoms with Crippen LogP contribution in [0.1, 0.15) is 5.56 Å². The Labute approximate surface area is 161 Å². The van der Waals surface area contributed by atoms with Gasteiger partial charge in [0.2, 0.25) is 0 Å². The Bertz CT molecular complexity index is 791. The van der Waals surface area contributed by atoms with Crippen LogP contribution in [0, 0.1) is 0 Å². The molecule has 26 heavy (non-hydrogen) atoms. The van der Waals surface area contributed by atoms with Crippen LogP contribution in [-0.2, 0) is 6.54 Å². The van der Waals surface area contributed by atoms with Gasteiger partial charge in [0.05, 0.1) is 11.6 Å². The highest BCUT2D eigenvalue weighted by Gasteiger charge is 2.20. The average molecular weight is 394 g/mol. The first kappa shape index (κ1) is 17.2. The molecule has 0 radical (unpaired) electrons. The number of nitrogens with two attached hydrogens (primary N) is 1. The van der Waals surface area contributed by atoms with E-state index in [-0.39, 0.29) is 0 Å². The Hall–Kier alpha value is -2.19. The van der Waals surface area contributed by atoms with Crippen LogP contribution in [0.25, 0.3) is 0 Å². The number of rotatable bonds is 3. The minimum absolute atomic E-state index is 0.453. The number of halogens is 1. The third-order valence-electron chi connectivity index (χ3n) is 4.37. The molecular weight excluding hydrogens is 374 g/mol. The summed E-state index contributed by atoms with van der Waals surface area (Å²) < 4.78 is 11.1. The minimum Gasteiger partial charge on any atom is -0.486 e. The quantitative estimate of drug-likeness (QED) is 0.636. The van der Waals surface area contributed by atoms with Gasteiger partial charge in [-0.2, -0.15) is 0 Å². The summed E-state index contributed by atoms with van der Waals surface area (Å²) >= 11 is 7.93. The summed E-state index contributed by atoms with van der Waals surface area (Å²) in [6.45, 7) is 4.94. The van der Waals surface area contributed by atoms with E-state index in [0.717, 1.165) is 36.9 Å². The molecule has 2 N–H and O–H groups in total. The number of aliphatic imine (C=N–C) groups is 1. The van der Waals surface area contributed by atoms with Crippen LogP contribution >= 0.6 is 22.9 Å². The molecule has 3 heterocycles. The van der Waals surface area contributed by atoms with E-state index in [2.05, 4.69) is 19.8 Å². The zero-order chi connectivity index (χ0) is 17.9. The SMILES string of the molecule is NC(=NCc1cc(Cl)c2c(c1)OCCO2)N1CCN(c2nccs2)CC1. The van der Waals surface area contributed by atoms with Crippen molar-refractivity contribution in [3.63, 3.8) is 0 Å². The second-order valence-corrected chi connectivity index (χ2v) is 7.35. The van der Waals surface area contributed by atoms with Crippen molar-refractivity contribution in [2.75, 3.05) is 44.3 Å². The van der Waals surface area contributed by atoms with Gasteiger partial charge in [-0.05, 0) is 17.7 Å².